The minimum Gasteiger partial charge on any atom is -0.355 e. The quantitative estimate of drug-likeness (QED) is 0.833. The van der Waals surface area contributed by atoms with Gasteiger partial charge in [0.25, 0.3) is 5.78 Å². The van der Waals surface area contributed by atoms with Crippen molar-refractivity contribution in [3.8, 4) is 0 Å². The van der Waals surface area contributed by atoms with Crippen LogP contribution >= 0.6 is 0 Å². The fraction of sp³-hybridized carbons (Fsp3) is 0.706. The highest BCUT2D eigenvalue weighted by Crippen LogP contribution is 2.20. The summed E-state index contributed by atoms with van der Waals surface area (Å²) >= 11 is 0. The molecule has 2 aromatic rings. The standard InChI is InChI=1S/C17H27N7/c1-2-21-7-3-4-15(12-21)13-22-8-10-23(11-9-22)16-5-6-18-17-20-19-14-24(16)17/h5-6,14-15H,2-4,7-13H2,1H3. The van der Waals surface area contributed by atoms with Crippen LogP contribution in [0.4, 0.5) is 5.82 Å². The molecule has 0 aliphatic carbocycles. The van der Waals surface area contributed by atoms with Gasteiger partial charge in [-0.15, -0.1) is 10.2 Å². The lowest BCUT2D eigenvalue weighted by Crippen LogP contribution is -2.50. The third-order valence-corrected chi connectivity index (χ3v) is 5.45. The Morgan fingerprint density at radius 2 is 2.00 bits per heavy atom. The highest BCUT2D eigenvalue weighted by Gasteiger charge is 2.24. The van der Waals surface area contributed by atoms with Crippen molar-refractivity contribution in [1.29, 1.82) is 0 Å². The van der Waals surface area contributed by atoms with E-state index in [4.69, 9.17) is 0 Å². The van der Waals surface area contributed by atoms with Gasteiger partial charge in [-0.2, -0.15) is 0 Å². The first-order valence-corrected chi connectivity index (χ1v) is 9.18. The number of fused-ring (bicyclic) bond motifs is 1. The van der Waals surface area contributed by atoms with Crippen LogP contribution in [0.1, 0.15) is 19.8 Å². The summed E-state index contributed by atoms with van der Waals surface area (Å²) in [6, 6.07) is 2.06. The first-order valence-electron chi connectivity index (χ1n) is 9.18. The number of likely N-dealkylation sites (tertiary alicyclic amines) is 1. The van der Waals surface area contributed by atoms with E-state index in [1.165, 1.54) is 39.0 Å². The summed E-state index contributed by atoms with van der Waals surface area (Å²) in [6.45, 7) is 11.7. The number of anilines is 1. The van der Waals surface area contributed by atoms with Crippen LogP contribution in [0.15, 0.2) is 18.6 Å². The summed E-state index contributed by atoms with van der Waals surface area (Å²) in [5.41, 5.74) is 0. The second-order valence-electron chi connectivity index (χ2n) is 6.99. The van der Waals surface area contributed by atoms with Gasteiger partial charge in [0, 0.05) is 45.5 Å². The summed E-state index contributed by atoms with van der Waals surface area (Å²) in [4.78, 5) is 11.9. The van der Waals surface area contributed by atoms with Crippen LogP contribution in [-0.2, 0) is 0 Å². The van der Waals surface area contributed by atoms with Crippen LogP contribution in [0.2, 0.25) is 0 Å². The molecular formula is C17H27N7. The maximum atomic E-state index is 4.25. The van der Waals surface area contributed by atoms with E-state index < -0.39 is 0 Å². The van der Waals surface area contributed by atoms with E-state index in [2.05, 4.69) is 42.9 Å². The van der Waals surface area contributed by atoms with Gasteiger partial charge in [0.1, 0.15) is 12.1 Å². The van der Waals surface area contributed by atoms with Crippen molar-refractivity contribution >= 4 is 11.6 Å². The zero-order valence-electron chi connectivity index (χ0n) is 14.5. The molecule has 1 atom stereocenters. The van der Waals surface area contributed by atoms with Crippen molar-refractivity contribution < 1.29 is 0 Å². The second kappa shape index (κ2) is 7.03. The average molecular weight is 329 g/mol. The molecule has 130 valence electrons. The molecule has 0 saturated carbocycles. The molecule has 0 amide bonds. The van der Waals surface area contributed by atoms with Crippen LogP contribution in [0.5, 0.6) is 0 Å². The van der Waals surface area contributed by atoms with Gasteiger partial charge in [0.05, 0.1) is 0 Å². The largest absolute Gasteiger partial charge is 0.355 e. The molecule has 0 bridgehead atoms. The molecule has 0 spiro atoms. The van der Waals surface area contributed by atoms with Crippen molar-refractivity contribution in [2.24, 2.45) is 5.92 Å². The SMILES string of the molecule is CCN1CCCC(CN2CCN(c3ccnc4nncn34)CC2)C1. The molecule has 4 rings (SSSR count). The molecule has 1 unspecified atom stereocenters. The lowest BCUT2D eigenvalue weighted by atomic mass is 9.97. The Labute approximate surface area is 143 Å². The molecule has 2 fully saturated rings. The van der Waals surface area contributed by atoms with E-state index in [1.54, 1.807) is 6.33 Å². The van der Waals surface area contributed by atoms with Crippen LogP contribution in [0.25, 0.3) is 5.78 Å². The molecular weight excluding hydrogens is 302 g/mol. The number of hydrogen-bond donors (Lipinski definition) is 0. The van der Waals surface area contributed by atoms with E-state index in [1.807, 2.05) is 10.6 Å². The zero-order chi connectivity index (χ0) is 16.4. The molecule has 0 N–H and O–H groups in total. The zero-order valence-corrected chi connectivity index (χ0v) is 14.5. The molecule has 4 heterocycles. The fourth-order valence-corrected chi connectivity index (χ4v) is 4.10. The number of nitrogens with zero attached hydrogens (tertiary/aromatic N) is 7. The summed E-state index contributed by atoms with van der Waals surface area (Å²) in [7, 11) is 0. The van der Waals surface area contributed by atoms with Crippen LogP contribution in [-0.4, -0.2) is 81.7 Å². The summed E-state index contributed by atoms with van der Waals surface area (Å²) in [6.07, 6.45) is 6.34. The minimum absolute atomic E-state index is 0.678. The van der Waals surface area contributed by atoms with E-state index in [0.29, 0.717) is 5.78 Å². The summed E-state index contributed by atoms with van der Waals surface area (Å²) in [5, 5.41) is 8.01. The first kappa shape index (κ1) is 15.8. The van der Waals surface area contributed by atoms with E-state index in [-0.39, 0.29) is 0 Å². The van der Waals surface area contributed by atoms with Gasteiger partial charge < -0.3 is 9.80 Å². The Bertz CT molecular complexity index is 662. The molecule has 24 heavy (non-hydrogen) atoms. The molecule has 2 aromatic heterocycles. The summed E-state index contributed by atoms with van der Waals surface area (Å²) in [5.74, 6) is 2.67. The smallest absolute Gasteiger partial charge is 0.256 e. The predicted molar refractivity (Wildman–Crippen MR) is 94.3 cm³/mol. The lowest BCUT2D eigenvalue weighted by molar-refractivity contribution is 0.133. The van der Waals surface area contributed by atoms with Gasteiger partial charge in [0.15, 0.2) is 0 Å². The van der Waals surface area contributed by atoms with E-state index in [9.17, 15) is 0 Å². The predicted octanol–water partition coefficient (Wildman–Crippen LogP) is 0.978. The van der Waals surface area contributed by atoms with Gasteiger partial charge in [-0.1, -0.05) is 6.92 Å². The maximum Gasteiger partial charge on any atom is 0.256 e. The van der Waals surface area contributed by atoms with Crippen molar-refractivity contribution in [1.82, 2.24) is 29.4 Å². The van der Waals surface area contributed by atoms with Gasteiger partial charge in [0.2, 0.25) is 0 Å². The Morgan fingerprint density at radius 3 is 2.83 bits per heavy atom. The Morgan fingerprint density at radius 1 is 1.12 bits per heavy atom. The van der Waals surface area contributed by atoms with Gasteiger partial charge >= 0.3 is 0 Å². The molecule has 2 saturated heterocycles. The number of piperidine rings is 1. The monoisotopic (exact) mass is 329 g/mol. The number of aromatic nitrogens is 4. The van der Waals surface area contributed by atoms with Gasteiger partial charge in [-0.3, -0.25) is 9.30 Å². The highest BCUT2D eigenvalue weighted by molar-refractivity contribution is 5.46. The molecule has 0 aromatic carbocycles. The normalized spacial score (nSPS) is 23.9. The van der Waals surface area contributed by atoms with Gasteiger partial charge in [-0.05, 0) is 37.9 Å². The van der Waals surface area contributed by atoms with Crippen molar-refractivity contribution in [3.05, 3.63) is 18.6 Å². The van der Waals surface area contributed by atoms with Crippen LogP contribution in [0.3, 0.4) is 0 Å². The fourth-order valence-electron chi connectivity index (χ4n) is 4.10. The molecule has 7 heteroatoms. The summed E-state index contributed by atoms with van der Waals surface area (Å²) < 4.78 is 1.98. The molecule has 0 radical (unpaired) electrons. The molecule has 2 aliphatic heterocycles. The molecule has 7 nitrogen and oxygen atoms in total. The topological polar surface area (TPSA) is 52.8 Å². The van der Waals surface area contributed by atoms with Crippen molar-refractivity contribution in [2.45, 2.75) is 19.8 Å². The number of piperazine rings is 1. The Balaban J connectivity index is 1.34. The minimum atomic E-state index is 0.678. The lowest BCUT2D eigenvalue weighted by Gasteiger charge is -2.39. The van der Waals surface area contributed by atoms with E-state index >= 15 is 0 Å². The van der Waals surface area contributed by atoms with E-state index in [0.717, 1.165) is 37.9 Å². The first-order chi connectivity index (χ1) is 11.8. The number of hydrogen-bond acceptors (Lipinski definition) is 6. The van der Waals surface area contributed by atoms with Gasteiger partial charge in [-0.25, -0.2) is 4.98 Å². The third kappa shape index (κ3) is 3.23. The van der Waals surface area contributed by atoms with Crippen molar-refractivity contribution in [2.75, 3.05) is 57.3 Å². The second-order valence-corrected chi connectivity index (χ2v) is 6.99. The maximum absolute atomic E-state index is 4.25. The average Bonchev–Trinajstić information content (AvgIpc) is 3.11. The number of rotatable bonds is 4. The Kier molecular flexibility index (Phi) is 4.62. The van der Waals surface area contributed by atoms with Crippen LogP contribution in [0, 0.1) is 5.92 Å². The van der Waals surface area contributed by atoms with Crippen LogP contribution < -0.4 is 4.90 Å². The Hall–Kier alpha value is -1.73. The third-order valence-electron chi connectivity index (χ3n) is 5.45. The molecule has 2 aliphatic rings. The highest BCUT2D eigenvalue weighted by atomic mass is 15.3. The van der Waals surface area contributed by atoms with Crippen molar-refractivity contribution in [3.63, 3.8) is 0 Å².